The zero-order valence-electron chi connectivity index (χ0n) is 8.01. The van der Waals surface area contributed by atoms with E-state index >= 15 is 0 Å². The van der Waals surface area contributed by atoms with Crippen LogP contribution in [0.2, 0.25) is 0 Å². The molecular weight excluding hydrogens is 225 g/mol. The van der Waals surface area contributed by atoms with Gasteiger partial charge in [-0.1, -0.05) is 0 Å². The van der Waals surface area contributed by atoms with E-state index in [9.17, 15) is 0 Å². The summed E-state index contributed by atoms with van der Waals surface area (Å²) in [5.41, 5.74) is 0. The van der Waals surface area contributed by atoms with Crippen LogP contribution in [-0.2, 0) is 23.1 Å². The Balaban J connectivity index is 0.00000144. The zero-order valence-corrected chi connectivity index (χ0v) is 10.4. The minimum Gasteiger partial charge on any atom is -0.147 e. The fourth-order valence-corrected chi connectivity index (χ4v) is 2.22. The predicted octanol–water partition coefficient (Wildman–Crippen LogP) is -0.538. The topological polar surface area (TPSA) is 36.5 Å². The van der Waals surface area contributed by atoms with Gasteiger partial charge in [0.2, 0.25) is 0 Å². The van der Waals surface area contributed by atoms with Gasteiger partial charge in [0, 0.05) is 0 Å². The van der Waals surface area contributed by atoms with E-state index in [4.69, 9.17) is 3.32 Å². The number of hydrogen-bond acceptors (Lipinski definition) is 4. The molecule has 0 aliphatic carbocycles. The minimum atomic E-state index is -0.308. The maximum Gasteiger partial charge on any atom is -0.147 e. The molecule has 78 valence electrons. The van der Waals surface area contributed by atoms with Gasteiger partial charge in [0.25, 0.3) is 0 Å². The molecule has 1 saturated heterocycles. The SMILES string of the molecule is C[O][Ti][N]1CCNCCNCC1.Cl. The third-order valence-electron chi connectivity index (χ3n) is 1.82. The first-order chi connectivity index (χ1) is 5.93. The van der Waals surface area contributed by atoms with Crippen LogP contribution >= 0.6 is 12.4 Å². The second-order valence-electron chi connectivity index (χ2n) is 2.78. The predicted molar refractivity (Wildman–Crippen MR) is 51.6 cm³/mol. The first-order valence-corrected chi connectivity index (χ1v) is 5.72. The zero-order chi connectivity index (χ0) is 8.65. The average Bonchev–Trinajstić information content (AvgIpc) is 2.19. The molecule has 4 nitrogen and oxygen atoms in total. The van der Waals surface area contributed by atoms with Crippen LogP contribution in [0.1, 0.15) is 0 Å². The summed E-state index contributed by atoms with van der Waals surface area (Å²) in [6.07, 6.45) is 0. The van der Waals surface area contributed by atoms with Crippen molar-refractivity contribution in [3.63, 3.8) is 0 Å². The summed E-state index contributed by atoms with van der Waals surface area (Å²) in [6, 6.07) is 0. The van der Waals surface area contributed by atoms with Gasteiger partial charge in [0.1, 0.15) is 0 Å². The van der Waals surface area contributed by atoms with E-state index in [2.05, 4.69) is 14.0 Å². The van der Waals surface area contributed by atoms with Gasteiger partial charge >= 0.3 is 83.5 Å². The van der Waals surface area contributed by atoms with Crippen molar-refractivity contribution in [3.8, 4) is 0 Å². The molecule has 0 unspecified atom stereocenters. The van der Waals surface area contributed by atoms with E-state index in [1.165, 1.54) is 0 Å². The van der Waals surface area contributed by atoms with Crippen molar-refractivity contribution in [1.82, 2.24) is 14.0 Å². The van der Waals surface area contributed by atoms with Crippen LogP contribution in [-0.4, -0.2) is 49.8 Å². The number of halogens is 1. The Hall–Kier alpha value is 0.844. The van der Waals surface area contributed by atoms with Crippen LogP contribution < -0.4 is 10.6 Å². The van der Waals surface area contributed by atoms with Crippen molar-refractivity contribution in [2.24, 2.45) is 0 Å². The summed E-state index contributed by atoms with van der Waals surface area (Å²) in [7, 11) is 1.80. The maximum atomic E-state index is 5.21. The van der Waals surface area contributed by atoms with Crippen LogP contribution in [0.15, 0.2) is 0 Å². The molecule has 1 rings (SSSR count). The van der Waals surface area contributed by atoms with Crippen molar-refractivity contribution < 1.29 is 23.1 Å². The summed E-state index contributed by atoms with van der Waals surface area (Å²) in [6.45, 7) is 6.62. The van der Waals surface area contributed by atoms with Crippen molar-refractivity contribution in [2.45, 2.75) is 0 Å². The molecule has 0 radical (unpaired) electrons. The normalized spacial score (nSPS) is 20.7. The van der Waals surface area contributed by atoms with Gasteiger partial charge in [-0.05, 0) is 0 Å². The van der Waals surface area contributed by atoms with Gasteiger partial charge in [0.05, 0.1) is 0 Å². The van der Waals surface area contributed by atoms with E-state index in [0.717, 1.165) is 39.3 Å². The Bertz CT molecular complexity index is 110. The molecule has 1 heterocycles. The summed E-state index contributed by atoms with van der Waals surface area (Å²) in [5, 5.41) is 6.75. The van der Waals surface area contributed by atoms with Crippen LogP contribution in [0.3, 0.4) is 0 Å². The molecule has 13 heavy (non-hydrogen) atoms. The third-order valence-corrected chi connectivity index (χ3v) is 3.20. The Morgan fingerprint density at radius 1 is 1.08 bits per heavy atom. The number of nitrogens with zero attached hydrogens (tertiary/aromatic N) is 1. The van der Waals surface area contributed by atoms with E-state index in [-0.39, 0.29) is 32.2 Å². The second-order valence-corrected chi connectivity index (χ2v) is 4.69. The number of rotatable bonds is 2. The molecule has 1 aliphatic heterocycles. The van der Waals surface area contributed by atoms with Gasteiger partial charge < -0.3 is 0 Å². The summed E-state index contributed by atoms with van der Waals surface area (Å²) >= 11 is -0.308. The number of hydrogen-bond donors (Lipinski definition) is 2. The monoisotopic (exact) mass is 243 g/mol. The molecule has 1 aliphatic rings. The molecule has 0 amide bonds. The van der Waals surface area contributed by atoms with Crippen molar-refractivity contribution in [3.05, 3.63) is 0 Å². The van der Waals surface area contributed by atoms with Gasteiger partial charge in [-0.3, -0.25) is 0 Å². The molecule has 0 bridgehead atoms. The van der Waals surface area contributed by atoms with Crippen LogP contribution in [0.25, 0.3) is 0 Å². The first-order valence-electron chi connectivity index (χ1n) is 4.38. The Morgan fingerprint density at radius 3 is 2.08 bits per heavy atom. The standard InChI is InChI=1S/C6H14N3.CH3O.ClH.Ti/c1-2-8-5-6-9-4-3-7-1;1-2;;/h7-8H,1-6H2;1H3;1H;/q2*-1;;+2. The summed E-state index contributed by atoms with van der Waals surface area (Å²) in [4.78, 5) is 0. The van der Waals surface area contributed by atoms with Crippen LogP contribution in [0.5, 0.6) is 0 Å². The molecule has 2 N–H and O–H groups in total. The molecule has 1 fully saturated rings. The van der Waals surface area contributed by atoms with E-state index < -0.39 is 0 Å². The first kappa shape index (κ1) is 13.8. The molecule has 0 aromatic heterocycles. The minimum absolute atomic E-state index is 0. The molecule has 0 aromatic rings. The van der Waals surface area contributed by atoms with Gasteiger partial charge in [-0.15, -0.1) is 12.4 Å². The average molecular weight is 244 g/mol. The van der Waals surface area contributed by atoms with Gasteiger partial charge in [-0.2, -0.15) is 0 Å². The molecule has 0 spiro atoms. The summed E-state index contributed by atoms with van der Waals surface area (Å²) in [5.74, 6) is 0. The molecular formula is C7H18ClN3OTi. The molecule has 0 saturated carbocycles. The fraction of sp³-hybridized carbons (Fsp3) is 1.00. The Morgan fingerprint density at radius 2 is 1.62 bits per heavy atom. The van der Waals surface area contributed by atoms with Gasteiger partial charge in [0.15, 0.2) is 0 Å². The van der Waals surface area contributed by atoms with Crippen molar-refractivity contribution in [2.75, 3.05) is 46.4 Å². The van der Waals surface area contributed by atoms with Gasteiger partial charge in [-0.25, -0.2) is 0 Å². The maximum absolute atomic E-state index is 5.21. The molecule has 0 atom stereocenters. The Kier molecular flexibility index (Phi) is 10.0. The fourth-order valence-electron chi connectivity index (χ4n) is 1.19. The second kappa shape index (κ2) is 9.40. The molecule has 6 heteroatoms. The van der Waals surface area contributed by atoms with E-state index in [1.54, 1.807) is 7.11 Å². The van der Waals surface area contributed by atoms with Crippen LogP contribution in [0.4, 0.5) is 0 Å². The summed E-state index contributed by atoms with van der Waals surface area (Å²) < 4.78 is 7.64. The van der Waals surface area contributed by atoms with Crippen LogP contribution in [0, 0.1) is 0 Å². The smallest absolute Gasteiger partial charge is 0.147 e. The third kappa shape index (κ3) is 6.85. The van der Waals surface area contributed by atoms with E-state index in [0.29, 0.717) is 0 Å². The largest absolute Gasteiger partial charge is 0.147 e. The molecule has 0 aromatic carbocycles. The Labute approximate surface area is 95.9 Å². The van der Waals surface area contributed by atoms with Crippen molar-refractivity contribution in [1.29, 1.82) is 0 Å². The number of nitrogens with one attached hydrogen (secondary N) is 2. The quantitative estimate of drug-likeness (QED) is 0.639. The van der Waals surface area contributed by atoms with E-state index in [1.807, 2.05) is 0 Å². The van der Waals surface area contributed by atoms with Crippen molar-refractivity contribution >= 4 is 12.4 Å².